The molecule has 0 spiro atoms. The molecule has 1 rings (SSSR count). The molecule has 0 amide bonds. The van der Waals surface area contributed by atoms with Gasteiger partial charge in [0.05, 0.1) is 0 Å². The third-order valence-corrected chi connectivity index (χ3v) is 4.33. The van der Waals surface area contributed by atoms with Crippen LogP contribution in [0.15, 0.2) is 0 Å². The largest absolute Gasteiger partial charge is 0.311 e. The molecule has 0 saturated heterocycles. The van der Waals surface area contributed by atoms with E-state index in [1.807, 2.05) is 0 Å². The van der Waals surface area contributed by atoms with E-state index in [2.05, 4.69) is 33.0 Å². The molecule has 1 aliphatic carbocycles. The molecule has 102 valence electrons. The molecule has 2 unspecified atom stereocenters. The zero-order valence-corrected chi connectivity index (χ0v) is 12.5. The molecule has 1 saturated carbocycles. The molecule has 1 nitrogen and oxygen atoms in total. The quantitative estimate of drug-likeness (QED) is 0.675. The van der Waals surface area contributed by atoms with Crippen LogP contribution in [-0.2, 0) is 0 Å². The van der Waals surface area contributed by atoms with Crippen molar-refractivity contribution in [1.29, 1.82) is 0 Å². The molecule has 1 aliphatic rings. The van der Waals surface area contributed by atoms with Crippen LogP contribution in [-0.4, -0.2) is 12.1 Å². The van der Waals surface area contributed by atoms with E-state index in [0.717, 1.165) is 17.9 Å². The lowest BCUT2D eigenvalue weighted by molar-refractivity contribution is 0.243. The standard InChI is InChI=1S/C16H33N/c1-5-16(15-9-7-6-8-10-15)17-14(4)12-11-13(2)3/h13-17H,5-12H2,1-4H3. The predicted molar refractivity (Wildman–Crippen MR) is 77.3 cm³/mol. The molecule has 2 atom stereocenters. The fourth-order valence-corrected chi connectivity index (χ4v) is 3.16. The Hall–Kier alpha value is -0.0400. The van der Waals surface area contributed by atoms with E-state index >= 15 is 0 Å². The highest BCUT2D eigenvalue weighted by Gasteiger charge is 2.23. The summed E-state index contributed by atoms with van der Waals surface area (Å²) >= 11 is 0. The maximum atomic E-state index is 3.89. The van der Waals surface area contributed by atoms with Gasteiger partial charge in [0.25, 0.3) is 0 Å². The first-order valence-electron chi connectivity index (χ1n) is 7.89. The van der Waals surface area contributed by atoms with Gasteiger partial charge in [-0.15, -0.1) is 0 Å². The summed E-state index contributed by atoms with van der Waals surface area (Å²) in [4.78, 5) is 0. The third-order valence-electron chi connectivity index (χ3n) is 4.33. The van der Waals surface area contributed by atoms with Gasteiger partial charge in [-0.3, -0.25) is 0 Å². The Bertz CT molecular complexity index is 182. The fourth-order valence-electron chi connectivity index (χ4n) is 3.16. The van der Waals surface area contributed by atoms with Gasteiger partial charge in [0, 0.05) is 12.1 Å². The van der Waals surface area contributed by atoms with Gasteiger partial charge in [-0.25, -0.2) is 0 Å². The monoisotopic (exact) mass is 239 g/mol. The molecule has 0 heterocycles. The van der Waals surface area contributed by atoms with Gasteiger partial charge < -0.3 is 5.32 Å². The number of hydrogen-bond donors (Lipinski definition) is 1. The van der Waals surface area contributed by atoms with Crippen LogP contribution in [0.25, 0.3) is 0 Å². The lowest BCUT2D eigenvalue weighted by Crippen LogP contribution is -2.42. The topological polar surface area (TPSA) is 12.0 Å². The third kappa shape index (κ3) is 5.90. The number of hydrogen-bond acceptors (Lipinski definition) is 1. The van der Waals surface area contributed by atoms with Crippen molar-refractivity contribution in [2.75, 3.05) is 0 Å². The first-order valence-corrected chi connectivity index (χ1v) is 7.89. The Labute approximate surface area is 109 Å². The van der Waals surface area contributed by atoms with Crippen molar-refractivity contribution >= 4 is 0 Å². The molecular formula is C16H33N. The van der Waals surface area contributed by atoms with Gasteiger partial charge >= 0.3 is 0 Å². The van der Waals surface area contributed by atoms with E-state index in [1.165, 1.54) is 51.4 Å². The van der Waals surface area contributed by atoms with Crippen molar-refractivity contribution in [1.82, 2.24) is 5.32 Å². The minimum Gasteiger partial charge on any atom is -0.311 e. The van der Waals surface area contributed by atoms with E-state index < -0.39 is 0 Å². The predicted octanol–water partition coefficient (Wildman–Crippen LogP) is 4.76. The minimum atomic E-state index is 0.698. The van der Waals surface area contributed by atoms with Crippen LogP contribution in [0.1, 0.15) is 79.1 Å². The van der Waals surface area contributed by atoms with Crippen LogP contribution in [0.4, 0.5) is 0 Å². The molecule has 0 aromatic rings. The van der Waals surface area contributed by atoms with E-state index in [4.69, 9.17) is 0 Å². The minimum absolute atomic E-state index is 0.698. The highest BCUT2D eigenvalue weighted by Crippen LogP contribution is 2.28. The lowest BCUT2D eigenvalue weighted by atomic mass is 9.82. The second-order valence-corrected chi connectivity index (χ2v) is 6.45. The summed E-state index contributed by atoms with van der Waals surface area (Å²) in [6.07, 6.45) is 11.3. The zero-order chi connectivity index (χ0) is 12.7. The van der Waals surface area contributed by atoms with Crippen LogP contribution in [0.5, 0.6) is 0 Å². The zero-order valence-electron chi connectivity index (χ0n) is 12.5. The van der Waals surface area contributed by atoms with Crippen LogP contribution >= 0.6 is 0 Å². The van der Waals surface area contributed by atoms with Crippen LogP contribution < -0.4 is 5.32 Å². The summed E-state index contributed by atoms with van der Waals surface area (Å²) in [7, 11) is 0. The van der Waals surface area contributed by atoms with Crippen LogP contribution in [0, 0.1) is 11.8 Å². The van der Waals surface area contributed by atoms with E-state index in [-0.39, 0.29) is 0 Å². The summed E-state index contributed by atoms with van der Waals surface area (Å²) in [6.45, 7) is 9.37. The van der Waals surface area contributed by atoms with Crippen molar-refractivity contribution in [2.45, 2.75) is 91.1 Å². The number of rotatable bonds is 7. The molecule has 1 N–H and O–H groups in total. The van der Waals surface area contributed by atoms with Gasteiger partial charge in [-0.1, -0.05) is 40.0 Å². The molecule has 0 radical (unpaired) electrons. The Morgan fingerprint density at radius 2 is 1.65 bits per heavy atom. The van der Waals surface area contributed by atoms with Gasteiger partial charge in [-0.05, 0) is 50.9 Å². The highest BCUT2D eigenvalue weighted by molar-refractivity contribution is 4.80. The summed E-state index contributed by atoms with van der Waals surface area (Å²) in [5, 5.41) is 3.89. The smallest absolute Gasteiger partial charge is 0.00951 e. The summed E-state index contributed by atoms with van der Waals surface area (Å²) in [6, 6.07) is 1.47. The highest BCUT2D eigenvalue weighted by atomic mass is 14.9. The normalized spacial score (nSPS) is 21.7. The summed E-state index contributed by atoms with van der Waals surface area (Å²) < 4.78 is 0. The second-order valence-electron chi connectivity index (χ2n) is 6.45. The Kier molecular flexibility index (Phi) is 7.18. The molecule has 0 aromatic carbocycles. The van der Waals surface area contributed by atoms with Crippen molar-refractivity contribution < 1.29 is 0 Å². The van der Waals surface area contributed by atoms with Crippen molar-refractivity contribution in [3.8, 4) is 0 Å². The Morgan fingerprint density at radius 3 is 2.18 bits per heavy atom. The van der Waals surface area contributed by atoms with Crippen LogP contribution in [0.3, 0.4) is 0 Å². The molecule has 1 fully saturated rings. The van der Waals surface area contributed by atoms with E-state index in [0.29, 0.717) is 6.04 Å². The van der Waals surface area contributed by atoms with Crippen LogP contribution in [0.2, 0.25) is 0 Å². The second kappa shape index (κ2) is 8.13. The average molecular weight is 239 g/mol. The molecular weight excluding hydrogens is 206 g/mol. The summed E-state index contributed by atoms with van der Waals surface area (Å²) in [5.41, 5.74) is 0. The average Bonchev–Trinajstić information content (AvgIpc) is 2.34. The molecule has 1 heteroatoms. The first-order chi connectivity index (χ1) is 8.13. The van der Waals surface area contributed by atoms with Gasteiger partial charge in [-0.2, -0.15) is 0 Å². The first kappa shape index (κ1) is 15.0. The van der Waals surface area contributed by atoms with E-state index in [1.54, 1.807) is 0 Å². The lowest BCUT2D eigenvalue weighted by Gasteiger charge is -2.32. The SMILES string of the molecule is CCC(NC(C)CCC(C)C)C1CCCCC1. The molecule has 0 aliphatic heterocycles. The van der Waals surface area contributed by atoms with Crippen molar-refractivity contribution in [3.63, 3.8) is 0 Å². The van der Waals surface area contributed by atoms with Crippen molar-refractivity contribution in [3.05, 3.63) is 0 Å². The molecule has 0 aromatic heterocycles. The van der Waals surface area contributed by atoms with Gasteiger partial charge in [0.2, 0.25) is 0 Å². The Balaban J connectivity index is 2.29. The van der Waals surface area contributed by atoms with Crippen molar-refractivity contribution in [2.24, 2.45) is 11.8 Å². The van der Waals surface area contributed by atoms with Gasteiger partial charge in [0.15, 0.2) is 0 Å². The van der Waals surface area contributed by atoms with Gasteiger partial charge in [0.1, 0.15) is 0 Å². The maximum Gasteiger partial charge on any atom is 0.00951 e. The summed E-state index contributed by atoms with van der Waals surface area (Å²) in [5.74, 6) is 1.80. The molecule has 0 bridgehead atoms. The van der Waals surface area contributed by atoms with E-state index in [9.17, 15) is 0 Å². The molecule has 17 heavy (non-hydrogen) atoms. The fraction of sp³-hybridized carbons (Fsp3) is 1.00. The Morgan fingerprint density at radius 1 is 1.00 bits per heavy atom. The number of nitrogens with one attached hydrogen (secondary N) is 1. The maximum absolute atomic E-state index is 3.89.